The van der Waals surface area contributed by atoms with Gasteiger partial charge in [-0.05, 0) is 114 Å². The number of hydrogen-bond donors (Lipinski definition) is 0. The molecule has 0 bridgehead atoms. The van der Waals surface area contributed by atoms with Crippen molar-refractivity contribution in [3.63, 3.8) is 0 Å². The van der Waals surface area contributed by atoms with Crippen molar-refractivity contribution in [3.05, 3.63) is 144 Å². The van der Waals surface area contributed by atoms with E-state index in [1.807, 2.05) is 18.2 Å². The Morgan fingerprint density at radius 3 is 0.824 bits per heavy atom. The van der Waals surface area contributed by atoms with E-state index in [0.29, 0.717) is 38.5 Å². The second-order valence-electron chi connectivity index (χ2n) is 13.7. The van der Waals surface area contributed by atoms with Gasteiger partial charge in [0.25, 0.3) is 0 Å². The molecule has 0 aliphatic rings. The molecule has 0 spiro atoms. The first kappa shape index (κ1) is 45.1. The standard InChI is InChI=1S/C45H69N3O3/c1-10-19-22-31-37(25-13-4)34-40(28-16-7)46-43(49)47(41(29-17-8)35-38(26-14-5)32-23-20-11-2)45(51)48(44(46)50)42(30-18-9)36-39(27-15-6)33-24-21-12-3/h13-24,37-42H,4-12,25-36H2,1-3H3/b22-19+,23-20+,24-21+. The van der Waals surface area contributed by atoms with Crippen LogP contribution in [0.5, 0.6) is 0 Å². The Morgan fingerprint density at radius 2 is 0.627 bits per heavy atom. The molecule has 1 aromatic heterocycles. The van der Waals surface area contributed by atoms with Crippen LogP contribution in [0.4, 0.5) is 0 Å². The largest absolute Gasteiger partial charge is 0.336 e. The van der Waals surface area contributed by atoms with Crippen LogP contribution in [0.2, 0.25) is 0 Å². The molecule has 282 valence electrons. The smallest absolute Gasteiger partial charge is 0.247 e. The number of aromatic nitrogens is 3. The summed E-state index contributed by atoms with van der Waals surface area (Å²) in [7, 11) is 0. The van der Waals surface area contributed by atoms with Gasteiger partial charge in [0.2, 0.25) is 0 Å². The Balaban J connectivity index is 4.23. The van der Waals surface area contributed by atoms with E-state index in [4.69, 9.17) is 0 Å². The normalized spacial score (nSPS) is 15.4. The molecule has 0 saturated heterocycles. The van der Waals surface area contributed by atoms with E-state index < -0.39 is 35.2 Å². The van der Waals surface area contributed by atoms with Gasteiger partial charge in [-0.1, -0.05) is 93.7 Å². The van der Waals surface area contributed by atoms with Crippen molar-refractivity contribution in [1.29, 1.82) is 0 Å². The summed E-state index contributed by atoms with van der Waals surface area (Å²) in [4.78, 5) is 44.4. The molecular weight excluding hydrogens is 631 g/mol. The van der Waals surface area contributed by atoms with Gasteiger partial charge in [-0.15, -0.1) is 39.5 Å². The van der Waals surface area contributed by atoms with Crippen LogP contribution >= 0.6 is 0 Å². The van der Waals surface area contributed by atoms with Crippen molar-refractivity contribution in [3.8, 4) is 0 Å². The molecule has 6 atom stereocenters. The van der Waals surface area contributed by atoms with Gasteiger partial charge in [-0.3, -0.25) is 0 Å². The molecule has 1 rings (SSSR count). The van der Waals surface area contributed by atoms with E-state index in [1.165, 1.54) is 13.7 Å². The summed E-state index contributed by atoms with van der Waals surface area (Å²) >= 11 is 0. The summed E-state index contributed by atoms with van der Waals surface area (Å²) in [5.74, 6) is 0.480. The summed E-state index contributed by atoms with van der Waals surface area (Å²) in [5, 5.41) is 0. The second-order valence-corrected chi connectivity index (χ2v) is 13.7. The van der Waals surface area contributed by atoms with Gasteiger partial charge in [0, 0.05) is 18.1 Å². The lowest BCUT2D eigenvalue weighted by atomic mass is 9.90. The number of nitrogens with zero attached hydrogens (tertiary/aromatic N) is 3. The van der Waals surface area contributed by atoms with Crippen LogP contribution in [0.15, 0.2) is 127 Å². The van der Waals surface area contributed by atoms with Crippen LogP contribution in [0, 0.1) is 17.8 Å². The monoisotopic (exact) mass is 700 g/mol. The van der Waals surface area contributed by atoms with Crippen molar-refractivity contribution in [2.75, 3.05) is 0 Å². The van der Waals surface area contributed by atoms with E-state index in [2.05, 4.69) is 96.7 Å². The lowest BCUT2D eigenvalue weighted by molar-refractivity contribution is 0.266. The molecule has 0 fully saturated rings. The highest BCUT2D eigenvalue weighted by Crippen LogP contribution is 2.29. The topological polar surface area (TPSA) is 66.0 Å². The van der Waals surface area contributed by atoms with Crippen molar-refractivity contribution in [2.45, 2.75) is 135 Å². The van der Waals surface area contributed by atoms with Crippen LogP contribution < -0.4 is 17.1 Å². The second kappa shape index (κ2) is 26.8. The van der Waals surface area contributed by atoms with E-state index in [0.717, 1.165) is 57.8 Å². The zero-order chi connectivity index (χ0) is 38.0. The van der Waals surface area contributed by atoms with E-state index in [9.17, 15) is 14.4 Å². The Kier molecular flexibility index (Phi) is 23.7. The minimum atomic E-state index is -0.561. The van der Waals surface area contributed by atoms with E-state index >= 15 is 0 Å². The summed E-state index contributed by atoms with van der Waals surface area (Å²) in [6, 6.07) is -1.45. The zero-order valence-electron chi connectivity index (χ0n) is 32.3. The van der Waals surface area contributed by atoms with Crippen molar-refractivity contribution < 1.29 is 0 Å². The lowest BCUT2D eigenvalue weighted by Gasteiger charge is -2.30. The third-order valence-corrected chi connectivity index (χ3v) is 9.58. The summed E-state index contributed by atoms with van der Waals surface area (Å²) in [6.07, 6.45) is 34.3. The molecule has 0 aliphatic carbocycles. The highest BCUT2D eigenvalue weighted by molar-refractivity contribution is 4.97. The first-order valence-corrected chi connectivity index (χ1v) is 19.3. The fraction of sp³-hybridized carbons (Fsp3) is 0.533. The van der Waals surface area contributed by atoms with Crippen LogP contribution in [0.3, 0.4) is 0 Å². The predicted molar refractivity (Wildman–Crippen MR) is 222 cm³/mol. The molecule has 1 heterocycles. The first-order valence-electron chi connectivity index (χ1n) is 19.3. The molecule has 0 aromatic carbocycles. The van der Waals surface area contributed by atoms with Crippen LogP contribution in [0.25, 0.3) is 0 Å². The summed E-state index contributed by atoms with van der Waals surface area (Å²) in [5.41, 5.74) is -1.68. The van der Waals surface area contributed by atoms with Crippen LogP contribution in [-0.2, 0) is 0 Å². The first-order chi connectivity index (χ1) is 24.7. The van der Waals surface area contributed by atoms with Crippen molar-refractivity contribution in [2.24, 2.45) is 17.8 Å². The maximum absolute atomic E-state index is 14.8. The molecule has 0 amide bonds. The van der Waals surface area contributed by atoms with Gasteiger partial charge in [-0.25, -0.2) is 28.1 Å². The molecule has 0 radical (unpaired) electrons. The Morgan fingerprint density at radius 1 is 0.392 bits per heavy atom. The SMILES string of the molecule is C=CCC(C/C=C/CC)CC(CC=C)n1c(=O)n(C(CC=C)CC(CC=C)C/C=C/CC)c(=O)n(C(CC=C)CC(CC=C)C/C=C/CC)c1=O. The average molecular weight is 700 g/mol. The van der Waals surface area contributed by atoms with Crippen molar-refractivity contribution in [1.82, 2.24) is 13.7 Å². The third-order valence-electron chi connectivity index (χ3n) is 9.58. The molecule has 1 aromatic rings. The molecule has 0 N–H and O–H groups in total. The fourth-order valence-corrected chi connectivity index (χ4v) is 7.12. The predicted octanol–water partition coefficient (Wildman–Crippen LogP) is 11.3. The lowest BCUT2D eigenvalue weighted by Crippen LogP contribution is -2.57. The summed E-state index contributed by atoms with van der Waals surface area (Å²) in [6.45, 7) is 30.3. The zero-order valence-corrected chi connectivity index (χ0v) is 32.3. The highest BCUT2D eigenvalue weighted by atomic mass is 16.2. The van der Waals surface area contributed by atoms with Gasteiger partial charge >= 0.3 is 17.1 Å². The van der Waals surface area contributed by atoms with Gasteiger partial charge in [-0.2, -0.15) is 0 Å². The number of rotatable bonds is 30. The van der Waals surface area contributed by atoms with Gasteiger partial charge in [0.1, 0.15) is 0 Å². The quantitative estimate of drug-likeness (QED) is 0.0751. The van der Waals surface area contributed by atoms with Gasteiger partial charge in [0.05, 0.1) is 0 Å². The molecule has 6 nitrogen and oxygen atoms in total. The van der Waals surface area contributed by atoms with Crippen LogP contribution in [-0.4, -0.2) is 13.7 Å². The van der Waals surface area contributed by atoms with E-state index in [-0.39, 0.29) is 17.8 Å². The summed E-state index contributed by atoms with van der Waals surface area (Å²) < 4.78 is 4.11. The molecule has 51 heavy (non-hydrogen) atoms. The molecule has 0 aliphatic heterocycles. The van der Waals surface area contributed by atoms with Gasteiger partial charge < -0.3 is 0 Å². The molecule has 6 heteroatoms. The maximum atomic E-state index is 14.8. The molecule has 6 unspecified atom stereocenters. The minimum Gasteiger partial charge on any atom is -0.247 e. The fourth-order valence-electron chi connectivity index (χ4n) is 7.12. The Bertz CT molecular complexity index is 1280. The highest BCUT2D eigenvalue weighted by Gasteiger charge is 2.30. The molecular formula is C45H69N3O3. The third kappa shape index (κ3) is 15.1. The average Bonchev–Trinajstić information content (AvgIpc) is 3.09. The van der Waals surface area contributed by atoms with Crippen molar-refractivity contribution >= 4 is 0 Å². The Labute approximate surface area is 309 Å². The van der Waals surface area contributed by atoms with E-state index in [1.54, 1.807) is 18.2 Å². The molecule has 0 saturated carbocycles. The number of hydrogen-bond acceptors (Lipinski definition) is 3. The Hall–Kier alpha value is -3.93. The number of allylic oxidation sites excluding steroid dienone is 12. The van der Waals surface area contributed by atoms with Gasteiger partial charge in [0.15, 0.2) is 0 Å². The minimum absolute atomic E-state index is 0.160. The van der Waals surface area contributed by atoms with Crippen LogP contribution in [0.1, 0.15) is 135 Å². The maximum Gasteiger partial charge on any atom is 0.336 e.